The molecule has 3 rings (SSSR count). The van der Waals surface area contributed by atoms with Gasteiger partial charge in [-0.3, -0.25) is 9.59 Å². The van der Waals surface area contributed by atoms with E-state index in [-0.39, 0.29) is 35.3 Å². The van der Waals surface area contributed by atoms with Crippen LogP contribution in [0.1, 0.15) is 41.6 Å². The Bertz CT molecular complexity index is 1100. The Labute approximate surface area is 190 Å². The molecule has 7 nitrogen and oxygen atoms in total. The molecule has 9 heteroatoms. The minimum absolute atomic E-state index is 0.0719. The summed E-state index contributed by atoms with van der Waals surface area (Å²) in [7, 11) is 1.80. The third-order valence-electron chi connectivity index (χ3n) is 5.01. The summed E-state index contributed by atoms with van der Waals surface area (Å²) < 4.78 is 15.4. The molecule has 0 aliphatic heterocycles. The van der Waals surface area contributed by atoms with Gasteiger partial charge in [0.25, 0.3) is 5.91 Å². The van der Waals surface area contributed by atoms with Crippen LogP contribution in [0, 0.1) is 18.7 Å². The van der Waals surface area contributed by atoms with Crippen LogP contribution in [0.15, 0.2) is 53.7 Å². The zero-order chi connectivity index (χ0) is 23.3. The van der Waals surface area contributed by atoms with Gasteiger partial charge in [-0.05, 0) is 37.1 Å². The Morgan fingerprint density at radius 1 is 1.09 bits per heavy atom. The van der Waals surface area contributed by atoms with E-state index in [2.05, 4.69) is 20.8 Å². The summed E-state index contributed by atoms with van der Waals surface area (Å²) in [6.07, 6.45) is 0. The second kappa shape index (κ2) is 10.4. The number of nitrogens with one attached hydrogen (secondary N) is 2. The number of aromatic nitrogens is 3. The summed E-state index contributed by atoms with van der Waals surface area (Å²) >= 11 is 1.22. The summed E-state index contributed by atoms with van der Waals surface area (Å²) in [5.41, 5.74) is 1.40. The molecule has 2 N–H and O–H groups in total. The van der Waals surface area contributed by atoms with Crippen molar-refractivity contribution in [2.45, 2.75) is 32.0 Å². The van der Waals surface area contributed by atoms with Gasteiger partial charge < -0.3 is 15.2 Å². The molecule has 32 heavy (non-hydrogen) atoms. The maximum Gasteiger partial charge on any atom is 0.251 e. The Morgan fingerprint density at radius 3 is 2.50 bits per heavy atom. The number of hydrogen-bond acceptors (Lipinski definition) is 5. The lowest BCUT2D eigenvalue weighted by molar-refractivity contribution is -0.113. The molecule has 0 unspecified atom stereocenters. The molecule has 168 valence electrons. The molecule has 1 heterocycles. The van der Waals surface area contributed by atoms with Crippen LogP contribution in [0.25, 0.3) is 0 Å². The average Bonchev–Trinajstić information content (AvgIpc) is 3.14. The first-order valence-electron chi connectivity index (χ1n) is 10.2. The lowest BCUT2D eigenvalue weighted by atomic mass is 10.0. The third-order valence-corrected chi connectivity index (χ3v) is 6.03. The van der Waals surface area contributed by atoms with E-state index in [0.29, 0.717) is 27.8 Å². The minimum atomic E-state index is -0.370. The van der Waals surface area contributed by atoms with E-state index in [4.69, 9.17) is 0 Å². The highest BCUT2D eigenvalue weighted by Crippen LogP contribution is 2.25. The maximum absolute atomic E-state index is 13.7. The fraction of sp³-hybridized carbons (Fsp3) is 0.304. The number of nitrogens with zero attached hydrogens (tertiary/aromatic N) is 3. The molecular weight excluding hydrogens is 429 g/mol. The molecule has 0 spiro atoms. The Hall–Kier alpha value is -3.20. The van der Waals surface area contributed by atoms with Crippen molar-refractivity contribution >= 4 is 29.3 Å². The first-order chi connectivity index (χ1) is 15.3. The fourth-order valence-corrected chi connectivity index (χ4v) is 3.84. The Morgan fingerprint density at radius 2 is 1.81 bits per heavy atom. The number of carbonyl (C=O) groups excluding carboxylic acids is 2. The highest BCUT2D eigenvalue weighted by Gasteiger charge is 2.25. The van der Waals surface area contributed by atoms with Crippen molar-refractivity contribution in [2.75, 3.05) is 11.1 Å². The molecule has 0 bridgehead atoms. The molecule has 1 atom stereocenters. The zero-order valence-corrected chi connectivity index (χ0v) is 19.2. The summed E-state index contributed by atoms with van der Waals surface area (Å²) in [5, 5.41) is 14.8. The predicted molar refractivity (Wildman–Crippen MR) is 123 cm³/mol. The van der Waals surface area contributed by atoms with Gasteiger partial charge in [0.05, 0.1) is 11.8 Å². The van der Waals surface area contributed by atoms with Crippen LogP contribution in [0.4, 0.5) is 10.1 Å². The van der Waals surface area contributed by atoms with Gasteiger partial charge in [0, 0.05) is 23.9 Å². The van der Waals surface area contributed by atoms with Crippen molar-refractivity contribution < 1.29 is 14.0 Å². The molecule has 0 saturated carbocycles. The second-order valence-electron chi connectivity index (χ2n) is 7.71. The van der Waals surface area contributed by atoms with Crippen LogP contribution in [0.5, 0.6) is 0 Å². The number of thioether (sulfide) groups is 1. The second-order valence-corrected chi connectivity index (χ2v) is 8.65. The number of carbonyl (C=O) groups is 2. The van der Waals surface area contributed by atoms with Crippen molar-refractivity contribution in [3.63, 3.8) is 0 Å². The van der Waals surface area contributed by atoms with Gasteiger partial charge in [-0.1, -0.05) is 49.9 Å². The number of rotatable bonds is 8. The first kappa shape index (κ1) is 23.5. The Balaban J connectivity index is 1.67. The monoisotopic (exact) mass is 455 g/mol. The van der Waals surface area contributed by atoms with E-state index in [1.165, 1.54) is 17.8 Å². The van der Waals surface area contributed by atoms with Gasteiger partial charge >= 0.3 is 0 Å². The molecular formula is C23H26FN5O2S. The third kappa shape index (κ3) is 5.53. The van der Waals surface area contributed by atoms with Gasteiger partial charge in [-0.2, -0.15) is 0 Å². The van der Waals surface area contributed by atoms with Gasteiger partial charge in [-0.15, -0.1) is 10.2 Å². The van der Waals surface area contributed by atoms with E-state index in [9.17, 15) is 14.0 Å². The van der Waals surface area contributed by atoms with Gasteiger partial charge in [-0.25, -0.2) is 4.39 Å². The van der Waals surface area contributed by atoms with E-state index >= 15 is 0 Å². The smallest absolute Gasteiger partial charge is 0.251 e. The number of anilines is 1. The lowest BCUT2D eigenvalue weighted by Gasteiger charge is -2.21. The van der Waals surface area contributed by atoms with Crippen LogP contribution >= 0.6 is 11.8 Å². The lowest BCUT2D eigenvalue weighted by Crippen LogP contribution is -2.33. The fourth-order valence-electron chi connectivity index (χ4n) is 3.13. The van der Waals surface area contributed by atoms with Gasteiger partial charge in [0.2, 0.25) is 5.91 Å². The topological polar surface area (TPSA) is 88.9 Å². The average molecular weight is 456 g/mol. The number of hydrogen-bond donors (Lipinski definition) is 2. The zero-order valence-electron chi connectivity index (χ0n) is 18.4. The van der Waals surface area contributed by atoms with Crippen LogP contribution in [-0.2, 0) is 11.8 Å². The highest BCUT2D eigenvalue weighted by molar-refractivity contribution is 7.99. The van der Waals surface area contributed by atoms with Crippen LogP contribution in [0.3, 0.4) is 0 Å². The number of benzene rings is 2. The van der Waals surface area contributed by atoms with Gasteiger partial charge in [0.1, 0.15) is 5.82 Å². The summed E-state index contributed by atoms with van der Waals surface area (Å²) in [6, 6.07) is 13.2. The normalized spacial score (nSPS) is 11.9. The number of amides is 2. The molecule has 2 amide bonds. The van der Waals surface area contributed by atoms with E-state index in [0.717, 1.165) is 0 Å². The minimum Gasteiger partial charge on any atom is -0.342 e. The van der Waals surface area contributed by atoms with E-state index in [1.54, 1.807) is 42.8 Å². The number of halogens is 1. The van der Waals surface area contributed by atoms with Crippen LogP contribution < -0.4 is 10.6 Å². The molecule has 0 aliphatic rings. The van der Waals surface area contributed by atoms with Gasteiger partial charge in [0.15, 0.2) is 11.0 Å². The molecule has 0 saturated heterocycles. The standard InChI is InChI=1S/C23H26FN5O2S/c1-14(2)20(26-22(31)16-9-6-5-7-10-16)21-27-28-23(29(21)4)32-13-19(30)25-18-12-8-11-17(24)15(18)3/h5-12,14,20H,13H2,1-4H3,(H,25,30)(H,26,31)/t20-/m1/s1. The van der Waals surface area contributed by atoms with Crippen molar-refractivity contribution in [1.82, 2.24) is 20.1 Å². The first-order valence-corrected chi connectivity index (χ1v) is 11.2. The van der Waals surface area contributed by atoms with E-state index < -0.39 is 0 Å². The largest absolute Gasteiger partial charge is 0.342 e. The summed E-state index contributed by atoms with van der Waals surface area (Å²) in [4.78, 5) is 25.0. The Kier molecular flexibility index (Phi) is 7.63. The molecule has 0 radical (unpaired) electrons. The quantitative estimate of drug-likeness (QED) is 0.499. The van der Waals surface area contributed by atoms with Crippen molar-refractivity contribution in [1.29, 1.82) is 0 Å². The van der Waals surface area contributed by atoms with Crippen molar-refractivity contribution in [2.24, 2.45) is 13.0 Å². The molecule has 0 fully saturated rings. The summed E-state index contributed by atoms with van der Waals surface area (Å²) in [6.45, 7) is 5.60. The molecule has 3 aromatic rings. The maximum atomic E-state index is 13.7. The SMILES string of the molecule is Cc1c(F)cccc1NC(=O)CSc1nnc([C@H](NC(=O)c2ccccc2)C(C)C)n1C. The van der Waals surface area contributed by atoms with Crippen molar-refractivity contribution in [3.05, 3.63) is 71.3 Å². The highest BCUT2D eigenvalue weighted by atomic mass is 32.2. The van der Waals surface area contributed by atoms with E-state index in [1.807, 2.05) is 32.0 Å². The molecule has 0 aliphatic carbocycles. The molecule has 2 aromatic carbocycles. The van der Waals surface area contributed by atoms with Crippen LogP contribution in [0.2, 0.25) is 0 Å². The van der Waals surface area contributed by atoms with Crippen molar-refractivity contribution in [3.8, 4) is 0 Å². The predicted octanol–water partition coefficient (Wildman–Crippen LogP) is 4.12. The van der Waals surface area contributed by atoms with Crippen LogP contribution in [-0.4, -0.2) is 32.3 Å². The summed E-state index contributed by atoms with van der Waals surface area (Å²) in [5.74, 6) is -0.0659. The molecule has 1 aromatic heterocycles.